The maximum absolute atomic E-state index is 14.5. The summed E-state index contributed by atoms with van der Waals surface area (Å²) in [5, 5.41) is 19.5. The molecule has 68 heavy (non-hydrogen) atoms. The van der Waals surface area contributed by atoms with Crippen LogP contribution in [-0.2, 0) is 43.6 Å². The van der Waals surface area contributed by atoms with Gasteiger partial charge in [0.2, 0.25) is 29.5 Å². The summed E-state index contributed by atoms with van der Waals surface area (Å²) in [7, 11) is 0. The number of aliphatic hydroxyl groups is 1. The summed E-state index contributed by atoms with van der Waals surface area (Å²) >= 11 is 4.65. The minimum atomic E-state index is -0.873. The number of aliphatic hydroxyl groups excluding tert-OH is 1. The Kier molecular flexibility index (Phi) is 15.3. The molecule has 0 spiro atoms. The number of aryl methyl sites for hydroxylation is 3. The van der Waals surface area contributed by atoms with E-state index in [0.717, 1.165) is 48.4 Å². The van der Waals surface area contributed by atoms with Crippen LogP contribution in [0.2, 0.25) is 0 Å². The summed E-state index contributed by atoms with van der Waals surface area (Å²) in [4.78, 5) is 79.6. The van der Waals surface area contributed by atoms with Crippen molar-refractivity contribution in [1.29, 1.82) is 0 Å². The lowest BCUT2D eigenvalue weighted by atomic mass is 9.91. The first-order valence-electron chi connectivity index (χ1n) is 23.0. The zero-order chi connectivity index (χ0) is 48.2. The van der Waals surface area contributed by atoms with E-state index >= 15 is 0 Å². The van der Waals surface area contributed by atoms with E-state index < -0.39 is 36.1 Å². The first-order chi connectivity index (χ1) is 32.6. The Morgan fingerprint density at radius 2 is 1.26 bits per heavy atom. The Hall–Kier alpha value is -5.66. The summed E-state index contributed by atoms with van der Waals surface area (Å²) in [5.41, 5.74) is 10.2. The fourth-order valence-electron chi connectivity index (χ4n) is 9.08. The quantitative estimate of drug-likeness (QED) is 0.0817. The molecule has 15 nitrogen and oxygen atoms in total. The number of amides is 4. The molecule has 6 aromatic rings. The average Bonchev–Trinajstić information content (AvgIpc) is 4.19. The Labute approximate surface area is 408 Å². The minimum absolute atomic E-state index is 0.00458. The Bertz CT molecular complexity index is 2710. The topological polar surface area (TPSA) is 193 Å². The van der Waals surface area contributed by atoms with Crippen molar-refractivity contribution in [2.45, 2.75) is 117 Å². The molecule has 2 fully saturated rings. The highest BCUT2D eigenvalue weighted by molar-refractivity contribution is 7.13. The van der Waals surface area contributed by atoms with Gasteiger partial charge in [-0.05, 0) is 54.9 Å². The molecular weight excluding hydrogens is 921 g/mol. The van der Waals surface area contributed by atoms with Crippen molar-refractivity contribution in [2.75, 3.05) is 13.1 Å². The molecule has 3 N–H and O–H groups in total. The standard InChI is InChI=1S/C50H58N8O7S3/c1-27(2)42(39-24-66-31(7)56-39)49(62)58-22-37(17-41(58)47(61)52-19-33-10-14-35(15-11-33)45-30(6)55-26-68-45)64-23-38-20-53-48(65-38)43(28(3)4)50(63)57-21-36(59)16-40(57)46(60)51-18-32-8-12-34(13-9-32)44-29(5)54-25-67-44/h8-15,20,24-28,36-37,40-43,59H,16-19,21-23H2,1-7H3,(H,51,60)(H,52,61)/t36-,37-,40+,41+,42-,43-/m1/s1. The molecule has 0 saturated carbocycles. The summed E-state index contributed by atoms with van der Waals surface area (Å²) in [6.45, 7) is 14.3. The zero-order valence-electron chi connectivity index (χ0n) is 39.3. The van der Waals surface area contributed by atoms with Gasteiger partial charge in [0.15, 0.2) is 0 Å². The predicted octanol–water partition coefficient (Wildman–Crippen LogP) is 7.56. The van der Waals surface area contributed by atoms with Gasteiger partial charge in [0.1, 0.15) is 30.4 Å². The molecule has 6 heterocycles. The lowest BCUT2D eigenvalue weighted by Crippen LogP contribution is -2.48. The third kappa shape index (κ3) is 10.9. The highest BCUT2D eigenvalue weighted by Crippen LogP contribution is 2.35. The van der Waals surface area contributed by atoms with Crippen molar-refractivity contribution in [3.63, 3.8) is 0 Å². The van der Waals surface area contributed by atoms with Crippen molar-refractivity contribution in [3.8, 4) is 20.9 Å². The van der Waals surface area contributed by atoms with Crippen LogP contribution in [0.15, 0.2) is 75.5 Å². The highest BCUT2D eigenvalue weighted by Gasteiger charge is 2.45. The molecule has 18 heteroatoms. The van der Waals surface area contributed by atoms with Crippen LogP contribution in [-0.4, -0.2) is 95.9 Å². The smallest absolute Gasteiger partial charge is 0.243 e. The molecule has 2 aromatic carbocycles. The number of hydrogen-bond donors (Lipinski definition) is 3. The second-order valence-electron chi connectivity index (χ2n) is 18.3. The molecular formula is C50H58N8O7S3. The third-order valence-corrected chi connectivity index (χ3v) is 15.4. The molecule has 2 aliphatic rings. The molecule has 2 saturated heterocycles. The van der Waals surface area contributed by atoms with Gasteiger partial charge in [-0.1, -0.05) is 76.2 Å². The number of aromatic nitrogens is 4. The molecule has 2 aliphatic heterocycles. The number of nitrogens with zero attached hydrogens (tertiary/aromatic N) is 6. The number of thiazole rings is 3. The molecule has 0 bridgehead atoms. The first kappa shape index (κ1) is 48.8. The van der Waals surface area contributed by atoms with Crippen molar-refractivity contribution < 1.29 is 33.4 Å². The predicted molar refractivity (Wildman–Crippen MR) is 262 cm³/mol. The van der Waals surface area contributed by atoms with Gasteiger partial charge >= 0.3 is 0 Å². The van der Waals surface area contributed by atoms with Gasteiger partial charge in [0.05, 0.1) is 67.2 Å². The second kappa shape index (κ2) is 21.3. The molecule has 358 valence electrons. The van der Waals surface area contributed by atoms with Gasteiger partial charge in [0, 0.05) is 44.4 Å². The average molecular weight is 979 g/mol. The lowest BCUT2D eigenvalue weighted by molar-refractivity contribution is -0.141. The van der Waals surface area contributed by atoms with Gasteiger partial charge in [-0.3, -0.25) is 19.2 Å². The number of rotatable bonds is 17. The lowest BCUT2D eigenvalue weighted by Gasteiger charge is -2.29. The SMILES string of the molecule is Cc1nc([C@H](C(=O)N2C[C@H](OCc3cnc([C@H](C(=O)N4C[C@H](O)C[C@H]4C(=O)NCc4ccc(-c5scnc5C)cc4)C(C)C)o3)C[C@H]2C(=O)NCc2ccc(-c3scnc3C)cc2)C(C)C)cs1. The third-order valence-electron chi connectivity index (χ3n) is 12.7. The normalized spacial score (nSPS) is 19.2. The number of β-amino-alcohol motifs (C(OH)–C–C–N with tert-alkyl or cyclic N) is 1. The van der Waals surface area contributed by atoms with Crippen LogP contribution >= 0.6 is 34.0 Å². The van der Waals surface area contributed by atoms with Gasteiger partial charge in [0.25, 0.3) is 0 Å². The van der Waals surface area contributed by atoms with E-state index in [0.29, 0.717) is 11.5 Å². The number of nitrogens with one attached hydrogen (secondary N) is 2. The van der Waals surface area contributed by atoms with Crippen molar-refractivity contribution in [1.82, 2.24) is 40.4 Å². The van der Waals surface area contributed by atoms with Crippen molar-refractivity contribution in [2.24, 2.45) is 11.8 Å². The van der Waals surface area contributed by atoms with E-state index in [2.05, 4.69) is 30.6 Å². The van der Waals surface area contributed by atoms with Crippen molar-refractivity contribution >= 4 is 57.6 Å². The van der Waals surface area contributed by atoms with E-state index in [1.165, 1.54) is 22.4 Å². The number of carbonyl (C=O) groups excluding carboxylic acids is 4. The Morgan fingerprint density at radius 3 is 1.76 bits per heavy atom. The molecule has 0 unspecified atom stereocenters. The minimum Gasteiger partial charge on any atom is -0.442 e. The number of carbonyl (C=O) groups is 4. The van der Waals surface area contributed by atoms with Crippen LogP contribution in [0.1, 0.15) is 97.2 Å². The Balaban J connectivity index is 0.915. The maximum Gasteiger partial charge on any atom is 0.243 e. The summed E-state index contributed by atoms with van der Waals surface area (Å²) in [5.74, 6) is -2.36. The monoisotopic (exact) mass is 978 g/mol. The second-order valence-corrected chi connectivity index (χ2v) is 21.1. The highest BCUT2D eigenvalue weighted by atomic mass is 32.1. The number of benzene rings is 2. The van der Waals surface area contributed by atoms with Gasteiger partial charge in [-0.25, -0.2) is 19.9 Å². The van der Waals surface area contributed by atoms with Gasteiger partial charge in [-0.15, -0.1) is 34.0 Å². The molecule has 4 amide bonds. The van der Waals surface area contributed by atoms with E-state index in [1.54, 1.807) is 27.6 Å². The molecule has 0 aliphatic carbocycles. The maximum atomic E-state index is 14.5. The van der Waals surface area contributed by atoms with Crippen LogP contribution in [0.25, 0.3) is 20.9 Å². The zero-order valence-corrected chi connectivity index (χ0v) is 41.8. The fraction of sp³-hybridized carbons (Fsp3) is 0.440. The number of likely N-dealkylation sites (tertiary alicyclic amines) is 2. The van der Waals surface area contributed by atoms with E-state index in [1.807, 2.05) is 113 Å². The summed E-state index contributed by atoms with van der Waals surface area (Å²) in [6, 6.07) is 14.3. The van der Waals surface area contributed by atoms with Gasteiger partial charge < -0.3 is 34.7 Å². The first-order valence-corrected chi connectivity index (χ1v) is 25.6. The molecule has 6 atom stereocenters. The molecule has 0 radical (unpaired) electrons. The fourth-order valence-corrected chi connectivity index (χ4v) is 11.4. The van der Waals surface area contributed by atoms with Crippen LogP contribution in [0.5, 0.6) is 0 Å². The number of ether oxygens (including phenoxy) is 1. The molecule has 8 rings (SSSR count). The number of oxazole rings is 1. The van der Waals surface area contributed by atoms with Crippen LogP contribution in [0, 0.1) is 32.6 Å². The summed E-state index contributed by atoms with van der Waals surface area (Å²) < 4.78 is 12.6. The van der Waals surface area contributed by atoms with Gasteiger partial charge in [-0.2, -0.15) is 0 Å². The summed E-state index contributed by atoms with van der Waals surface area (Å²) in [6.07, 6.45) is 0.510. The molecule has 4 aromatic heterocycles. The van der Waals surface area contributed by atoms with E-state index in [-0.39, 0.29) is 87.0 Å². The van der Waals surface area contributed by atoms with Crippen molar-refractivity contribution in [3.05, 3.63) is 116 Å². The van der Waals surface area contributed by atoms with E-state index in [9.17, 15) is 24.3 Å². The number of hydrogen-bond acceptors (Lipinski definition) is 14. The van der Waals surface area contributed by atoms with Crippen LogP contribution in [0.4, 0.5) is 0 Å². The van der Waals surface area contributed by atoms with E-state index in [4.69, 9.17) is 9.15 Å². The Morgan fingerprint density at radius 1 is 0.735 bits per heavy atom. The van der Waals surface area contributed by atoms with Crippen LogP contribution < -0.4 is 10.6 Å². The largest absolute Gasteiger partial charge is 0.442 e. The van der Waals surface area contributed by atoms with Crippen LogP contribution in [0.3, 0.4) is 0 Å².